The summed E-state index contributed by atoms with van der Waals surface area (Å²) < 4.78 is 5.08. The zero-order valence-corrected chi connectivity index (χ0v) is 19.5. The lowest BCUT2D eigenvalue weighted by Gasteiger charge is -2.21. The van der Waals surface area contributed by atoms with Crippen molar-refractivity contribution in [3.8, 4) is 0 Å². The lowest BCUT2D eigenvalue weighted by atomic mass is 9.89. The van der Waals surface area contributed by atoms with Crippen LogP contribution in [0.1, 0.15) is 59.6 Å². The number of rotatable bonds is 7. The fourth-order valence-corrected chi connectivity index (χ4v) is 5.55. The van der Waals surface area contributed by atoms with Crippen LogP contribution in [0.4, 0.5) is 0 Å². The van der Waals surface area contributed by atoms with E-state index in [1.54, 1.807) is 13.3 Å². The van der Waals surface area contributed by atoms with E-state index < -0.39 is 0 Å². The average Bonchev–Trinajstić information content (AvgIpc) is 3.45. The van der Waals surface area contributed by atoms with Gasteiger partial charge in [0.15, 0.2) is 0 Å². The average molecular weight is 442 g/mol. The summed E-state index contributed by atoms with van der Waals surface area (Å²) in [6.07, 6.45) is 4.78. The van der Waals surface area contributed by atoms with Gasteiger partial charge in [0.25, 0.3) is 5.91 Å². The molecule has 0 saturated carbocycles. The van der Waals surface area contributed by atoms with Crippen molar-refractivity contribution in [1.82, 2.24) is 25.4 Å². The number of nitrogens with one attached hydrogen (secondary N) is 2. The Morgan fingerprint density at radius 3 is 3.03 bits per heavy atom. The lowest BCUT2D eigenvalue weighted by molar-refractivity contribution is 0.0940. The fraction of sp³-hybridized carbons (Fsp3) is 0.522. The number of aromatic amines is 1. The molecule has 0 spiro atoms. The predicted octanol–water partition coefficient (Wildman–Crippen LogP) is 3.68. The van der Waals surface area contributed by atoms with Crippen molar-refractivity contribution in [2.24, 2.45) is 0 Å². The van der Waals surface area contributed by atoms with Crippen molar-refractivity contribution in [1.29, 1.82) is 0 Å². The van der Waals surface area contributed by atoms with Gasteiger partial charge in [-0.2, -0.15) is 5.10 Å². The number of ether oxygens (including phenoxy) is 1. The van der Waals surface area contributed by atoms with E-state index in [2.05, 4.69) is 52.2 Å². The van der Waals surface area contributed by atoms with E-state index in [0.717, 1.165) is 46.7 Å². The zero-order chi connectivity index (χ0) is 22.0. The largest absolute Gasteiger partial charge is 0.383 e. The van der Waals surface area contributed by atoms with Crippen LogP contribution in [0.15, 0.2) is 24.5 Å². The summed E-state index contributed by atoms with van der Waals surface area (Å²) >= 11 is 1.49. The van der Waals surface area contributed by atoms with E-state index in [1.165, 1.54) is 22.6 Å². The van der Waals surface area contributed by atoms with Crippen LogP contribution < -0.4 is 5.32 Å². The maximum absolute atomic E-state index is 12.9. The Bertz CT molecular complexity index is 1050. The monoisotopic (exact) mass is 441 g/mol. The van der Waals surface area contributed by atoms with Crippen molar-refractivity contribution < 1.29 is 9.53 Å². The summed E-state index contributed by atoms with van der Waals surface area (Å²) in [5, 5.41) is 11.6. The summed E-state index contributed by atoms with van der Waals surface area (Å²) in [5.41, 5.74) is 3.63. The molecule has 0 unspecified atom stereocenters. The van der Waals surface area contributed by atoms with E-state index >= 15 is 0 Å². The molecule has 4 rings (SSSR count). The number of hydrogen-bond acceptors (Lipinski definition) is 6. The molecule has 1 aliphatic heterocycles. The Morgan fingerprint density at radius 1 is 1.42 bits per heavy atom. The molecule has 1 aliphatic rings. The van der Waals surface area contributed by atoms with Crippen LogP contribution in [0.2, 0.25) is 0 Å². The molecule has 7 nitrogen and oxygen atoms in total. The van der Waals surface area contributed by atoms with Gasteiger partial charge in [-0.15, -0.1) is 11.3 Å². The zero-order valence-electron chi connectivity index (χ0n) is 18.7. The molecule has 0 bridgehead atoms. The van der Waals surface area contributed by atoms with Gasteiger partial charge in [0.1, 0.15) is 4.83 Å². The van der Waals surface area contributed by atoms with Gasteiger partial charge in [0.05, 0.1) is 17.7 Å². The van der Waals surface area contributed by atoms with Gasteiger partial charge < -0.3 is 10.1 Å². The second-order valence-electron chi connectivity index (χ2n) is 9.19. The fourth-order valence-electron chi connectivity index (χ4n) is 4.41. The number of H-pyrrole nitrogens is 1. The van der Waals surface area contributed by atoms with Gasteiger partial charge in [-0.25, -0.2) is 4.98 Å². The number of carbonyl (C=O) groups excluding carboxylic acids is 1. The standard InChI is InChI=1S/C23H31N5O2S/c1-23(2,3)20-16(12-26-27-20)14-28-10-7-15(13-28)18-17-6-5-8-25-22(17)31-19(18)21(29)24-9-11-30-4/h5-6,8,12,15H,7,9-11,13-14H2,1-4H3,(H,24,29)(H,26,27)/t15-/m0/s1. The quantitative estimate of drug-likeness (QED) is 0.547. The molecule has 0 aliphatic carbocycles. The minimum absolute atomic E-state index is 0.0293. The molecule has 1 saturated heterocycles. The lowest BCUT2D eigenvalue weighted by Crippen LogP contribution is -2.27. The topological polar surface area (TPSA) is 83.1 Å². The molecular formula is C23H31N5O2S. The molecule has 0 radical (unpaired) electrons. The van der Waals surface area contributed by atoms with Crippen molar-refractivity contribution in [2.75, 3.05) is 33.4 Å². The molecule has 31 heavy (non-hydrogen) atoms. The Labute approximate surface area is 187 Å². The molecule has 1 fully saturated rings. The number of likely N-dealkylation sites (tertiary alicyclic amines) is 1. The molecule has 2 N–H and O–H groups in total. The molecule has 4 heterocycles. The number of nitrogens with zero attached hydrogens (tertiary/aromatic N) is 3. The first kappa shape index (κ1) is 21.9. The van der Waals surface area contributed by atoms with Gasteiger partial charge in [0, 0.05) is 60.9 Å². The summed E-state index contributed by atoms with van der Waals surface area (Å²) in [5.74, 6) is 0.282. The number of hydrogen-bond donors (Lipinski definition) is 2. The maximum atomic E-state index is 12.9. The van der Waals surface area contributed by atoms with Gasteiger partial charge >= 0.3 is 0 Å². The second-order valence-corrected chi connectivity index (χ2v) is 10.2. The first-order valence-corrected chi connectivity index (χ1v) is 11.6. The Balaban J connectivity index is 1.56. The minimum atomic E-state index is -0.0293. The van der Waals surface area contributed by atoms with Gasteiger partial charge in [-0.3, -0.25) is 14.8 Å². The summed E-state index contributed by atoms with van der Waals surface area (Å²) in [6.45, 7) is 10.4. The molecule has 3 aromatic rings. The predicted molar refractivity (Wildman–Crippen MR) is 124 cm³/mol. The van der Waals surface area contributed by atoms with Crippen LogP contribution in [0.5, 0.6) is 0 Å². The van der Waals surface area contributed by atoms with Crippen LogP contribution in [0.25, 0.3) is 10.2 Å². The van der Waals surface area contributed by atoms with Crippen LogP contribution >= 0.6 is 11.3 Å². The maximum Gasteiger partial charge on any atom is 0.261 e. The van der Waals surface area contributed by atoms with Crippen LogP contribution in [-0.2, 0) is 16.7 Å². The number of amides is 1. The van der Waals surface area contributed by atoms with Crippen LogP contribution in [0, 0.1) is 0 Å². The first-order chi connectivity index (χ1) is 14.9. The number of carbonyl (C=O) groups is 1. The third-order valence-electron chi connectivity index (χ3n) is 5.85. The number of fused-ring (bicyclic) bond motifs is 1. The van der Waals surface area contributed by atoms with Crippen molar-refractivity contribution >= 4 is 27.5 Å². The van der Waals surface area contributed by atoms with E-state index in [4.69, 9.17) is 4.74 Å². The Morgan fingerprint density at radius 2 is 2.26 bits per heavy atom. The van der Waals surface area contributed by atoms with E-state index in [1.807, 2.05) is 12.3 Å². The van der Waals surface area contributed by atoms with Crippen LogP contribution in [-0.4, -0.2) is 59.3 Å². The van der Waals surface area contributed by atoms with Crippen molar-refractivity contribution in [2.45, 2.75) is 45.1 Å². The highest BCUT2D eigenvalue weighted by atomic mass is 32.1. The highest BCUT2D eigenvalue weighted by Crippen LogP contribution is 2.40. The van der Waals surface area contributed by atoms with E-state index in [9.17, 15) is 4.79 Å². The second kappa shape index (κ2) is 9.06. The van der Waals surface area contributed by atoms with Crippen molar-refractivity contribution in [3.63, 3.8) is 0 Å². The highest BCUT2D eigenvalue weighted by Gasteiger charge is 2.32. The van der Waals surface area contributed by atoms with Gasteiger partial charge in [-0.1, -0.05) is 26.8 Å². The molecule has 8 heteroatoms. The molecule has 0 aromatic carbocycles. The molecule has 1 amide bonds. The normalized spacial score (nSPS) is 17.5. The van der Waals surface area contributed by atoms with Gasteiger partial charge in [0.2, 0.25) is 0 Å². The molecule has 166 valence electrons. The molecule has 1 atom stereocenters. The Kier molecular flexibility index (Phi) is 6.41. The number of thiophene rings is 1. The number of pyridine rings is 1. The van der Waals surface area contributed by atoms with Crippen molar-refractivity contribution in [3.05, 3.63) is 46.2 Å². The first-order valence-electron chi connectivity index (χ1n) is 10.8. The van der Waals surface area contributed by atoms with E-state index in [0.29, 0.717) is 19.1 Å². The minimum Gasteiger partial charge on any atom is -0.383 e. The third kappa shape index (κ3) is 4.66. The molecular weight excluding hydrogens is 410 g/mol. The number of methoxy groups -OCH3 is 1. The Hall–Kier alpha value is -2.29. The smallest absolute Gasteiger partial charge is 0.261 e. The third-order valence-corrected chi connectivity index (χ3v) is 6.97. The summed E-state index contributed by atoms with van der Waals surface area (Å²) in [4.78, 5) is 21.7. The SMILES string of the molecule is COCCNC(=O)c1sc2ncccc2c1[C@H]1CCN(Cc2cn[nH]c2C(C)(C)C)C1. The molecule has 3 aromatic heterocycles. The van der Waals surface area contributed by atoms with E-state index in [-0.39, 0.29) is 11.3 Å². The highest BCUT2D eigenvalue weighted by molar-refractivity contribution is 7.20. The number of aromatic nitrogens is 3. The summed E-state index contributed by atoms with van der Waals surface area (Å²) in [6, 6.07) is 4.05. The van der Waals surface area contributed by atoms with Crippen LogP contribution in [0.3, 0.4) is 0 Å². The van der Waals surface area contributed by atoms with Gasteiger partial charge in [-0.05, 0) is 24.6 Å². The summed E-state index contributed by atoms with van der Waals surface area (Å²) in [7, 11) is 1.64.